The SMILES string of the molecule is CCCOCCOCCOCCOCCO.CCCOCCOCCOCCOCCOc1ccc(O[Si](C)(C)C(C)(C)C)cc1. The van der Waals surface area contributed by atoms with Gasteiger partial charge in [-0.3, -0.25) is 0 Å². The monoisotopic (exact) mass is 678 g/mol. The molecule has 12 heteroatoms. The van der Waals surface area contributed by atoms with E-state index in [4.69, 9.17) is 52.2 Å². The number of hydrogen-bond acceptors (Lipinski definition) is 11. The minimum absolute atomic E-state index is 0.0564. The Morgan fingerprint density at radius 3 is 1.11 bits per heavy atom. The van der Waals surface area contributed by atoms with Crippen molar-refractivity contribution in [1.82, 2.24) is 0 Å². The van der Waals surface area contributed by atoms with Crippen molar-refractivity contribution in [3.8, 4) is 11.5 Å². The molecule has 0 bridgehead atoms. The lowest BCUT2D eigenvalue weighted by Gasteiger charge is -2.36. The summed E-state index contributed by atoms with van der Waals surface area (Å²) in [5.41, 5.74) is 0. The van der Waals surface area contributed by atoms with Crippen molar-refractivity contribution >= 4 is 8.32 Å². The zero-order valence-electron chi connectivity index (χ0n) is 30.0. The van der Waals surface area contributed by atoms with Gasteiger partial charge in [0.15, 0.2) is 0 Å². The molecule has 0 unspecified atom stereocenters. The normalized spacial score (nSPS) is 11.7. The Labute approximate surface area is 280 Å². The van der Waals surface area contributed by atoms with Gasteiger partial charge in [0.25, 0.3) is 0 Å². The first-order valence-electron chi connectivity index (χ1n) is 16.8. The highest BCUT2D eigenvalue weighted by atomic mass is 28.4. The van der Waals surface area contributed by atoms with Crippen LogP contribution in [0.1, 0.15) is 47.5 Å². The Kier molecular flexibility index (Phi) is 30.1. The maximum Gasteiger partial charge on any atom is 0.250 e. The molecule has 0 aromatic heterocycles. The van der Waals surface area contributed by atoms with Crippen molar-refractivity contribution < 1.29 is 52.2 Å². The third-order valence-corrected chi connectivity index (χ3v) is 11.0. The van der Waals surface area contributed by atoms with Gasteiger partial charge in [-0.2, -0.15) is 0 Å². The van der Waals surface area contributed by atoms with Crippen molar-refractivity contribution in [2.45, 2.75) is 65.6 Å². The highest BCUT2D eigenvalue weighted by molar-refractivity contribution is 6.74. The Hall–Kier alpha value is -1.32. The van der Waals surface area contributed by atoms with Crippen LogP contribution in [0, 0.1) is 0 Å². The first kappa shape index (κ1) is 44.7. The van der Waals surface area contributed by atoms with E-state index in [-0.39, 0.29) is 11.6 Å². The van der Waals surface area contributed by atoms with Gasteiger partial charge in [-0.15, -0.1) is 0 Å². The van der Waals surface area contributed by atoms with Crippen LogP contribution in [0.4, 0.5) is 0 Å². The molecule has 1 aromatic carbocycles. The molecule has 11 nitrogen and oxygen atoms in total. The van der Waals surface area contributed by atoms with Crippen LogP contribution in [-0.4, -0.2) is 132 Å². The molecule has 272 valence electrons. The lowest BCUT2D eigenvalue weighted by atomic mass is 10.2. The fourth-order valence-corrected chi connectivity index (χ4v) is 4.18. The molecule has 0 amide bonds. The van der Waals surface area contributed by atoms with Crippen LogP contribution >= 0.6 is 0 Å². The minimum Gasteiger partial charge on any atom is -0.543 e. The van der Waals surface area contributed by atoms with Gasteiger partial charge < -0.3 is 52.2 Å². The fraction of sp³-hybridized carbons (Fsp3) is 0.824. The van der Waals surface area contributed by atoms with E-state index in [0.29, 0.717) is 99.1 Å². The molecule has 0 aliphatic carbocycles. The number of rotatable bonds is 30. The molecule has 0 radical (unpaired) electrons. The van der Waals surface area contributed by atoms with E-state index >= 15 is 0 Å². The van der Waals surface area contributed by atoms with Gasteiger partial charge in [0, 0.05) is 13.2 Å². The minimum atomic E-state index is -1.81. The van der Waals surface area contributed by atoms with Crippen LogP contribution in [0.2, 0.25) is 18.1 Å². The summed E-state index contributed by atoms with van der Waals surface area (Å²) >= 11 is 0. The largest absolute Gasteiger partial charge is 0.543 e. The van der Waals surface area contributed by atoms with Gasteiger partial charge in [0.05, 0.1) is 99.1 Å². The molecule has 1 rings (SSSR count). The standard InChI is InChI=1S/C23H42O6Si.C11H24O5/c1-7-12-24-13-14-25-15-16-26-17-18-27-19-20-28-21-8-10-22(11-9-21)29-30(5,6)23(2,3)4;1-2-4-13-6-8-15-10-11-16-9-7-14-5-3-12/h8-11H,7,12-20H2,1-6H3;12H,2-11H2,1H3. The summed E-state index contributed by atoms with van der Waals surface area (Å²) in [6, 6.07) is 7.84. The molecule has 0 aliphatic rings. The Morgan fingerprint density at radius 2 is 0.783 bits per heavy atom. The molecule has 0 spiro atoms. The highest BCUT2D eigenvalue weighted by Crippen LogP contribution is 2.37. The average molecular weight is 679 g/mol. The maximum absolute atomic E-state index is 8.43. The van der Waals surface area contributed by atoms with Crippen LogP contribution < -0.4 is 9.16 Å². The molecular formula is C34H66O11Si. The van der Waals surface area contributed by atoms with E-state index < -0.39 is 8.32 Å². The van der Waals surface area contributed by atoms with E-state index in [0.717, 1.165) is 37.6 Å². The summed E-state index contributed by atoms with van der Waals surface area (Å²) in [6.45, 7) is 25.4. The summed E-state index contributed by atoms with van der Waals surface area (Å²) in [4.78, 5) is 0. The third kappa shape index (κ3) is 27.8. The van der Waals surface area contributed by atoms with Gasteiger partial charge in [0.1, 0.15) is 18.1 Å². The van der Waals surface area contributed by atoms with Gasteiger partial charge >= 0.3 is 0 Å². The van der Waals surface area contributed by atoms with Crippen LogP contribution in [0.25, 0.3) is 0 Å². The summed E-state index contributed by atoms with van der Waals surface area (Å²) in [5.74, 6) is 1.72. The second-order valence-corrected chi connectivity index (χ2v) is 16.5. The third-order valence-electron chi connectivity index (χ3n) is 6.66. The van der Waals surface area contributed by atoms with Crippen molar-refractivity contribution in [2.24, 2.45) is 0 Å². The molecular weight excluding hydrogens is 612 g/mol. The van der Waals surface area contributed by atoms with Crippen LogP contribution in [0.15, 0.2) is 24.3 Å². The zero-order chi connectivity index (χ0) is 34.2. The molecule has 1 aromatic rings. The summed E-state index contributed by atoms with van der Waals surface area (Å²) in [7, 11) is -1.81. The number of hydrogen-bond donors (Lipinski definition) is 1. The molecule has 46 heavy (non-hydrogen) atoms. The van der Waals surface area contributed by atoms with Crippen molar-refractivity contribution in [3.63, 3.8) is 0 Å². The first-order valence-corrected chi connectivity index (χ1v) is 19.7. The lowest BCUT2D eigenvalue weighted by Crippen LogP contribution is -2.43. The predicted molar refractivity (Wildman–Crippen MR) is 184 cm³/mol. The number of ether oxygens (including phenoxy) is 9. The Morgan fingerprint density at radius 1 is 0.478 bits per heavy atom. The predicted octanol–water partition coefficient (Wildman–Crippen LogP) is 5.38. The van der Waals surface area contributed by atoms with E-state index in [2.05, 4.69) is 47.7 Å². The summed E-state index contributed by atoms with van der Waals surface area (Å²) in [5, 5.41) is 8.61. The quantitative estimate of drug-likeness (QED) is 0.0836. The average Bonchev–Trinajstić information content (AvgIpc) is 3.02. The van der Waals surface area contributed by atoms with Gasteiger partial charge in [-0.05, 0) is 55.2 Å². The molecule has 1 N–H and O–H groups in total. The molecule has 0 atom stereocenters. The highest BCUT2D eigenvalue weighted by Gasteiger charge is 2.38. The maximum atomic E-state index is 8.43. The smallest absolute Gasteiger partial charge is 0.250 e. The van der Waals surface area contributed by atoms with E-state index in [1.54, 1.807) is 0 Å². The lowest BCUT2D eigenvalue weighted by molar-refractivity contribution is -0.00541. The summed E-state index contributed by atoms with van der Waals surface area (Å²) < 4.78 is 54.5. The topological polar surface area (TPSA) is 113 Å². The van der Waals surface area contributed by atoms with Gasteiger partial charge in [-0.25, -0.2) is 0 Å². The zero-order valence-corrected chi connectivity index (χ0v) is 31.0. The number of benzene rings is 1. The van der Waals surface area contributed by atoms with Crippen molar-refractivity contribution in [3.05, 3.63) is 24.3 Å². The second kappa shape index (κ2) is 31.0. The molecule has 0 heterocycles. The number of aliphatic hydroxyl groups is 1. The second-order valence-electron chi connectivity index (χ2n) is 11.8. The van der Waals surface area contributed by atoms with Crippen LogP contribution in [0.5, 0.6) is 11.5 Å². The Balaban J connectivity index is 0.00000107. The van der Waals surface area contributed by atoms with Crippen LogP contribution in [0.3, 0.4) is 0 Å². The van der Waals surface area contributed by atoms with Crippen molar-refractivity contribution in [1.29, 1.82) is 0 Å². The van der Waals surface area contributed by atoms with Gasteiger partial charge in [0.2, 0.25) is 8.32 Å². The van der Waals surface area contributed by atoms with Crippen molar-refractivity contribution in [2.75, 3.05) is 119 Å². The Bertz CT molecular complexity index is 746. The van der Waals surface area contributed by atoms with Gasteiger partial charge in [-0.1, -0.05) is 34.6 Å². The fourth-order valence-electron chi connectivity index (χ4n) is 3.15. The van der Waals surface area contributed by atoms with E-state index in [1.807, 2.05) is 24.3 Å². The van der Waals surface area contributed by atoms with Crippen LogP contribution in [-0.2, 0) is 37.9 Å². The summed E-state index contributed by atoms with van der Waals surface area (Å²) in [6.07, 6.45) is 2.07. The molecule has 0 saturated carbocycles. The number of aliphatic hydroxyl groups excluding tert-OH is 1. The van der Waals surface area contributed by atoms with E-state index in [1.165, 1.54) is 0 Å². The molecule has 0 saturated heterocycles. The van der Waals surface area contributed by atoms with E-state index in [9.17, 15) is 0 Å². The first-order chi connectivity index (χ1) is 22.2. The molecule has 0 fully saturated rings. The molecule has 0 aliphatic heterocycles.